The van der Waals surface area contributed by atoms with Crippen LogP contribution in [-0.4, -0.2) is 64.5 Å². The van der Waals surface area contributed by atoms with Crippen LogP contribution in [0.25, 0.3) is 5.69 Å². The van der Waals surface area contributed by atoms with Crippen molar-refractivity contribution >= 4 is 23.6 Å². The number of thioether (sulfide) groups is 1. The van der Waals surface area contributed by atoms with Crippen LogP contribution in [0.2, 0.25) is 0 Å². The van der Waals surface area contributed by atoms with Crippen molar-refractivity contribution in [3.63, 3.8) is 0 Å². The molecular weight excluding hydrogens is 550 g/mol. The molecule has 1 aromatic heterocycles. The van der Waals surface area contributed by atoms with E-state index in [9.17, 15) is 9.59 Å². The van der Waals surface area contributed by atoms with Gasteiger partial charge in [0.25, 0.3) is 5.91 Å². The molecule has 0 bridgehead atoms. The van der Waals surface area contributed by atoms with E-state index in [-0.39, 0.29) is 24.1 Å². The topological polar surface area (TPSA) is 98.6 Å². The van der Waals surface area contributed by atoms with E-state index in [1.54, 1.807) is 38.5 Å². The summed E-state index contributed by atoms with van der Waals surface area (Å²) >= 11 is 1.35. The molecule has 3 aromatic carbocycles. The van der Waals surface area contributed by atoms with Crippen molar-refractivity contribution < 1.29 is 19.1 Å². The molecule has 4 aromatic rings. The highest BCUT2D eigenvalue weighted by atomic mass is 32.2. The summed E-state index contributed by atoms with van der Waals surface area (Å²) in [6.45, 7) is 1.70. The van der Waals surface area contributed by atoms with Crippen LogP contribution in [0.1, 0.15) is 34.6 Å². The molecule has 1 N–H and O–H groups in total. The first-order chi connectivity index (χ1) is 20.5. The number of nitrogens with one attached hydrogen (secondary N) is 1. The molecule has 0 atom stereocenters. The molecule has 1 fully saturated rings. The summed E-state index contributed by atoms with van der Waals surface area (Å²) < 4.78 is 12.4. The van der Waals surface area contributed by atoms with E-state index in [0.717, 1.165) is 43.8 Å². The molecular formula is C32H35N5O4S. The Kier molecular flexibility index (Phi) is 9.76. The van der Waals surface area contributed by atoms with Gasteiger partial charge in [-0.3, -0.25) is 14.2 Å². The van der Waals surface area contributed by atoms with Crippen LogP contribution in [0, 0.1) is 5.92 Å². The number of ether oxygens (including phenoxy) is 2. The molecule has 1 aliphatic rings. The van der Waals surface area contributed by atoms with Gasteiger partial charge < -0.3 is 19.7 Å². The zero-order chi connectivity index (χ0) is 29.3. The molecule has 2 amide bonds. The zero-order valence-corrected chi connectivity index (χ0v) is 24.7. The summed E-state index contributed by atoms with van der Waals surface area (Å²) in [5.74, 6) is 2.67. The normalized spacial score (nSPS) is 13.5. The molecule has 0 radical (unpaired) electrons. The maximum absolute atomic E-state index is 13.2. The predicted molar refractivity (Wildman–Crippen MR) is 162 cm³/mol. The SMILES string of the molecule is COc1ccc(C(=O)NCc2nnc(SCC(=O)N3CCC(Cc4ccccc4)CC3)n2-c2ccc(OC)cc2)cc1. The number of benzene rings is 3. The Morgan fingerprint density at radius 3 is 2.17 bits per heavy atom. The smallest absolute Gasteiger partial charge is 0.251 e. The first-order valence-corrected chi connectivity index (χ1v) is 15.0. The van der Waals surface area contributed by atoms with E-state index in [2.05, 4.69) is 39.8 Å². The highest BCUT2D eigenvalue weighted by molar-refractivity contribution is 7.99. The van der Waals surface area contributed by atoms with Gasteiger partial charge in [0.05, 0.1) is 26.5 Å². The molecule has 0 saturated carbocycles. The van der Waals surface area contributed by atoms with Gasteiger partial charge in [-0.1, -0.05) is 42.1 Å². The molecule has 2 heterocycles. The number of rotatable bonds is 11. The molecule has 5 rings (SSSR count). The number of carbonyl (C=O) groups is 2. The minimum atomic E-state index is -0.234. The molecule has 218 valence electrons. The molecule has 10 heteroatoms. The molecule has 1 saturated heterocycles. The number of hydrogen-bond donors (Lipinski definition) is 1. The van der Waals surface area contributed by atoms with Crippen LogP contribution in [0.15, 0.2) is 84.0 Å². The lowest BCUT2D eigenvalue weighted by Crippen LogP contribution is -2.39. The van der Waals surface area contributed by atoms with Gasteiger partial charge in [0.2, 0.25) is 5.91 Å². The fourth-order valence-corrected chi connectivity index (χ4v) is 5.93. The molecule has 42 heavy (non-hydrogen) atoms. The maximum Gasteiger partial charge on any atom is 0.251 e. The van der Waals surface area contributed by atoms with Gasteiger partial charge in [0.1, 0.15) is 11.5 Å². The maximum atomic E-state index is 13.2. The minimum Gasteiger partial charge on any atom is -0.497 e. The van der Waals surface area contributed by atoms with Crippen LogP contribution >= 0.6 is 11.8 Å². The Morgan fingerprint density at radius 1 is 0.881 bits per heavy atom. The van der Waals surface area contributed by atoms with Crippen molar-refractivity contribution in [1.82, 2.24) is 25.0 Å². The lowest BCUT2D eigenvalue weighted by Gasteiger charge is -2.32. The van der Waals surface area contributed by atoms with Gasteiger partial charge in [-0.05, 0) is 79.3 Å². The van der Waals surface area contributed by atoms with Crippen LogP contribution in [0.5, 0.6) is 11.5 Å². The van der Waals surface area contributed by atoms with E-state index < -0.39 is 0 Å². The summed E-state index contributed by atoms with van der Waals surface area (Å²) in [4.78, 5) is 27.9. The third-order valence-corrected chi connectivity index (χ3v) is 8.36. The number of nitrogens with zero attached hydrogens (tertiary/aromatic N) is 4. The van der Waals surface area contributed by atoms with Crippen LogP contribution in [0.4, 0.5) is 0 Å². The lowest BCUT2D eigenvalue weighted by molar-refractivity contribution is -0.129. The second kappa shape index (κ2) is 14.0. The summed E-state index contributed by atoms with van der Waals surface area (Å²) in [6.07, 6.45) is 3.07. The van der Waals surface area contributed by atoms with E-state index in [0.29, 0.717) is 28.2 Å². The first-order valence-electron chi connectivity index (χ1n) is 14.0. The quantitative estimate of drug-likeness (QED) is 0.253. The molecule has 9 nitrogen and oxygen atoms in total. The van der Waals surface area contributed by atoms with Crippen molar-refractivity contribution in [3.8, 4) is 17.2 Å². The summed E-state index contributed by atoms with van der Waals surface area (Å²) in [5, 5.41) is 12.3. The lowest BCUT2D eigenvalue weighted by atomic mass is 9.90. The van der Waals surface area contributed by atoms with Crippen LogP contribution < -0.4 is 14.8 Å². The number of amides is 2. The number of hydrogen-bond acceptors (Lipinski definition) is 7. The highest BCUT2D eigenvalue weighted by Crippen LogP contribution is 2.26. The summed E-state index contributed by atoms with van der Waals surface area (Å²) in [6, 6.07) is 25.0. The highest BCUT2D eigenvalue weighted by Gasteiger charge is 2.24. The van der Waals surface area contributed by atoms with Gasteiger partial charge >= 0.3 is 0 Å². The molecule has 0 spiro atoms. The predicted octanol–water partition coefficient (Wildman–Crippen LogP) is 4.79. The van der Waals surface area contributed by atoms with Gasteiger partial charge in [-0.2, -0.15) is 0 Å². The third kappa shape index (κ3) is 7.30. The minimum absolute atomic E-state index is 0.0943. The Hall–Kier alpha value is -4.31. The van der Waals surface area contributed by atoms with Gasteiger partial charge in [0, 0.05) is 24.3 Å². The number of aromatic nitrogens is 3. The second-order valence-corrected chi connectivity index (χ2v) is 11.1. The van der Waals surface area contributed by atoms with Gasteiger partial charge in [-0.25, -0.2) is 0 Å². The number of piperidine rings is 1. The van der Waals surface area contributed by atoms with Gasteiger partial charge in [0.15, 0.2) is 11.0 Å². The zero-order valence-electron chi connectivity index (χ0n) is 23.9. The molecule has 0 unspecified atom stereocenters. The molecule has 0 aliphatic carbocycles. The van der Waals surface area contributed by atoms with E-state index in [1.807, 2.05) is 39.8 Å². The third-order valence-electron chi connectivity index (χ3n) is 7.45. The number of methoxy groups -OCH3 is 2. The average Bonchev–Trinajstić information content (AvgIpc) is 3.46. The van der Waals surface area contributed by atoms with E-state index in [1.165, 1.54) is 17.3 Å². The first kappa shape index (κ1) is 29.2. The standard InChI is InChI=1S/C32H35N5O4S/c1-40-27-12-8-25(9-13-27)31(39)33-21-29-34-35-32(37(29)26-10-14-28(41-2)15-11-26)42-22-30(38)36-18-16-24(17-19-36)20-23-6-4-3-5-7-23/h3-15,24H,16-22H2,1-2H3,(H,33,39). The number of likely N-dealkylation sites (tertiary alicyclic amines) is 1. The molecule has 1 aliphatic heterocycles. The van der Waals surface area contributed by atoms with Crippen molar-refractivity contribution in [1.29, 1.82) is 0 Å². The Bertz CT molecular complexity index is 1470. The fourth-order valence-electron chi connectivity index (χ4n) is 5.05. The Balaban J connectivity index is 1.23. The number of carbonyl (C=O) groups excluding carboxylic acids is 2. The van der Waals surface area contributed by atoms with Gasteiger partial charge in [-0.15, -0.1) is 10.2 Å². The second-order valence-electron chi connectivity index (χ2n) is 10.1. The van der Waals surface area contributed by atoms with Crippen LogP contribution in [0.3, 0.4) is 0 Å². The largest absolute Gasteiger partial charge is 0.497 e. The summed E-state index contributed by atoms with van der Waals surface area (Å²) in [5.41, 5.74) is 2.68. The van der Waals surface area contributed by atoms with Crippen molar-refractivity contribution in [2.75, 3.05) is 33.1 Å². The van der Waals surface area contributed by atoms with E-state index in [4.69, 9.17) is 9.47 Å². The average molecular weight is 586 g/mol. The van der Waals surface area contributed by atoms with Crippen molar-refractivity contribution in [3.05, 3.63) is 95.8 Å². The summed E-state index contributed by atoms with van der Waals surface area (Å²) in [7, 11) is 3.20. The Morgan fingerprint density at radius 2 is 1.52 bits per heavy atom. The Labute approximate surface area is 250 Å². The van der Waals surface area contributed by atoms with Crippen LogP contribution in [-0.2, 0) is 17.8 Å². The monoisotopic (exact) mass is 585 g/mol. The van der Waals surface area contributed by atoms with E-state index >= 15 is 0 Å². The van der Waals surface area contributed by atoms with Crippen molar-refractivity contribution in [2.24, 2.45) is 5.92 Å². The van der Waals surface area contributed by atoms with Crippen molar-refractivity contribution in [2.45, 2.75) is 31.0 Å². The fraction of sp³-hybridized carbons (Fsp3) is 0.312.